The molecule has 1 N–H and O–H groups in total. The molecular formula is C17H35N3. The normalized spacial score (nSPS) is 32.1. The van der Waals surface area contributed by atoms with Crippen LogP contribution < -0.4 is 5.32 Å². The SMILES string of the molecule is CCCC1CCC(NC)C(N(C)CCN2CCCC2)C1. The molecule has 1 heterocycles. The van der Waals surface area contributed by atoms with Crippen LogP contribution in [-0.4, -0.2) is 62.2 Å². The number of hydrogen-bond donors (Lipinski definition) is 1. The summed E-state index contributed by atoms with van der Waals surface area (Å²) in [5.74, 6) is 0.962. The zero-order valence-electron chi connectivity index (χ0n) is 13.9. The minimum Gasteiger partial charge on any atom is -0.315 e. The van der Waals surface area contributed by atoms with E-state index in [-0.39, 0.29) is 0 Å². The van der Waals surface area contributed by atoms with Crippen molar-refractivity contribution in [1.29, 1.82) is 0 Å². The molecule has 3 unspecified atom stereocenters. The maximum Gasteiger partial charge on any atom is 0.0249 e. The fraction of sp³-hybridized carbons (Fsp3) is 1.00. The van der Waals surface area contributed by atoms with E-state index in [0.29, 0.717) is 6.04 Å². The molecule has 3 atom stereocenters. The molecule has 0 bridgehead atoms. The third-order valence-electron chi connectivity index (χ3n) is 5.53. The summed E-state index contributed by atoms with van der Waals surface area (Å²) in [6.45, 7) is 7.48. The number of rotatable bonds is 7. The lowest BCUT2D eigenvalue weighted by Gasteiger charge is -2.41. The van der Waals surface area contributed by atoms with Crippen molar-refractivity contribution in [3.63, 3.8) is 0 Å². The van der Waals surface area contributed by atoms with E-state index in [0.717, 1.165) is 12.0 Å². The minimum absolute atomic E-state index is 0.701. The molecule has 2 fully saturated rings. The molecule has 0 spiro atoms. The smallest absolute Gasteiger partial charge is 0.0249 e. The first-order valence-electron chi connectivity index (χ1n) is 8.84. The molecular weight excluding hydrogens is 246 g/mol. The Bertz CT molecular complexity index is 263. The predicted molar refractivity (Wildman–Crippen MR) is 87.2 cm³/mol. The van der Waals surface area contributed by atoms with Gasteiger partial charge in [0.15, 0.2) is 0 Å². The Morgan fingerprint density at radius 3 is 2.60 bits per heavy atom. The Hall–Kier alpha value is -0.120. The van der Waals surface area contributed by atoms with Gasteiger partial charge in [0.25, 0.3) is 0 Å². The molecule has 3 nitrogen and oxygen atoms in total. The quantitative estimate of drug-likeness (QED) is 0.774. The third-order valence-corrected chi connectivity index (χ3v) is 5.53. The number of likely N-dealkylation sites (tertiary alicyclic amines) is 1. The highest BCUT2D eigenvalue weighted by atomic mass is 15.2. The van der Waals surface area contributed by atoms with Crippen LogP contribution in [0.3, 0.4) is 0 Å². The maximum atomic E-state index is 3.57. The van der Waals surface area contributed by atoms with Gasteiger partial charge in [0, 0.05) is 25.2 Å². The van der Waals surface area contributed by atoms with E-state index >= 15 is 0 Å². The van der Waals surface area contributed by atoms with Crippen molar-refractivity contribution >= 4 is 0 Å². The van der Waals surface area contributed by atoms with Crippen LogP contribution in [0.4, 0.5) is 0 Å². The van der Waals surface area contributed by atoms with Crippen LogP contribution in [0.5, 0.6) is 0 Å². The van der Waals surface area contributed by atoms with E-state index in [4.69, 9.17) is 0 Å². The minimum atomic E-state index is 0.701. The molecule has 0 aromatic heterocycles. The van der Waals surface area contributed by atoms with Crippen molar-refractivity contribution in [2.24, 2.45) is 5.92 Å². The van der Waals surface area contributed by atoms with E-state index in [9.17, 15) is 0 Å². The van der Waals surface area contributed by atoms with Crippen LogP contribution in [0.25, 0.3) is 0 Å². The van der Waals surface area contributed by atoms with Gasteiger partial charge in [0.2, 0.25) is 0 Å². The summed E-state index contributed by atoms with van der Waals surface area (Å²) in [5, 5.41) is 3.57. The number of nitrogens with zero attached hydrogens (tertiary/aromatic N) is 2. The Morgan fingerprint density at radius 2 is 1.95 bits per heavy atom. The van der Waals surface area contributed by atoms with Gasteiger partial charge in [-0.1, -0.05) is 19.8 Å². The van der Waals surface area contributed by atoms with E-state index in [1.165, 1.54) is 71.1 Å². The van der Waals surface area contributed by atoms with Gasteiger partial charge in [-0.25, -0.2) is 0 Å². The second-order valence-corrected chi connectivity index (χ2v) is 6.96. The summed E-state index contributed by atoms with van der Waals surface area (Å²) < 4.78 is 0. The van der Waals surface area contributed by atoms with Gasteiger partial charge < -0.3 is 15.1 Å². The molecule has 1 saturated heterocycles. The maximum absolute atomic E-state index is 3.57. The summed E-state index contributed by atoms with van der Waals surface area (Å²) >= 11 is 0. The number of hydrogen-bond acceptors (Lipinski definition) is 3. The standard InChI is InChI=1S/C17H35N3/c1-4-7-15-8-9-16(18-2)17(14-15)19(3)12-13-20-10-5-6-11-20/h15-18H,4-14H2,1-3H3. The van der Waals surface area contributed by atoms with Crippen LogP contribution in [0.1, 0.15) is 51.9 Å². The van der Waals surface area contributed by atoms with Gasteiger partial charge in [0.1, 0.15) is 0 Å². The highest BCUT2D eigenvalue weighted by Gasteiger charge is 2.31. The van der Waals surface area contributed by atoms with Crippen molar-refractivity contribution in [3.8, 4) is 0 Å². The summed E-state index contributed by atoms with van der Waals surface area (Å²) in [6.07, 6.45) is 9.77. The van der Waals surface area contributed by atoms with Crippen LogP contribution in [-0.2, 0) is 0 Å². The van der Waals surface area contributed by atoms with Crippen molar-refractivity contribution < 1.29 is 0 Å². The summed E-state index contributed by atoms with van der Waals surface area (Å²) in [5.41, 5.74) is 0. The van der Waals surface area contributed by atoms with Crippen molar-refractivity contribution in [2.45, 2.75) is 64.0 Å². The molecule has 0 aromatic rings. The van der Waals surface area contributed by atoms with E-state index in [1.807, 2.05) is 0 Å². The van der Waals surface area contributed by atoms with Gasteiger partial charge in [-0.3, -0.25) is 0 Å². The highest BCUT2D eigenvalue weighted by Crippen LogP contribution is 2.30. The lowest BCUT2D eigenvalue weighted by atomic mass is 9.79. The molecule has 1 aliphatic heterocycles. The lowest BCUT2D eigenvalue weighted by molar-refractivity contribution is 0.110. The second-order valence-electron chi connectivity index (χ2n) is 6.96. The van der Waals surface area contributed by atoms with Crippen LogP contribution in [0, 0.1) is 5.92 Å². The average molecular weight is 281 g/mol. The first-order valence-corrected chi connectivity index (χ1v) is 8.84. The fourth-order valence-electron chi connectivity index (χ4n) is 4.20. The molecule has 3 heteroatoms. The Labute approximate surface area is 126 Å². The van der Waals surface area contributed by atoms with Crippen molar-refractivity contribution in [1.82, 2.24) is 15.1 Å². The molecule has 1 saturated carbocycles. The zero-order chi connectivity index (χ0) is 14.4. The largest absolute Gasteiger partial charge is 0.315 e. The first kappa shape index (κ1) is 16.3. The summed E-state index contributed by atoms with van der Waals surface area (Å²) in [4.78, 5) is 5.28. The monoisotopic (exact) mass is 281 g/mol. The summed E-state index contributed by atoms with van der Waals surface area (Å²) in [6, 6.07) is 1.44. The van der Waals surface area contributed by atoms with Crippen LogP contribution in [0.15, 0.2) is 0 Å². The van der Waals surface area contributed by atoms with Gasteiger partial charge in [-0.15, -0.1) is 0 Å². The molecule has 1 aliphatic carbocycles. The van der Waals surface area contributed by atoms with Crippen LogP contribution >= 0.6 is 0 Å². The Kier molecular flexibility index (Phi) is 6.79. The van der Waals surface area contributed by atoms with E-state index < -0.39 is 0 Å². The zero-order valence-corrected chi connectivity index (χ0v) is 13.9. The molecule has 0 aromatic carbocycles. The number of likely N-dealkylation sites (N-methyl/N-ethyl adjacent to an activating group) is 2. The summed E-state index contributed by atoms with van der Waals surface area (Å²) in [7, 11) is 4.49. The molecule has 2 aliphatic rings. The predicted octanol–water partition coefficient (Wildman–Crippen LogP) is 2.57. The lowest BCUT2D eigenvalue weighted by Crippen LogP contribution is -2.52. The van der Waals surface area contributed by atoms with Gasteiger partial charge in [-0.2, -0.15) is 0 Å². The van der Waals surface area contributed by atoms with Crippen molar-refractivity contribution in [3.05, 3.63) is 0 Å². The van der Waals surface area contributed by atoms with E-state index in [1.54, 1.807) is 0 Å². The Balaban J connectivity index is 1.81. The number of nitrogens with one attached hydrogen (secondary N) is 1. The highest BCUT2D eigenvalue weighted by molar-refractivity contribution is 4.90. The Morgan fingerprint density at radius 1 is 1.20 bits per heavy atom. The molecule has 2 rings (SSSR count). The molecule has 118 valence electrons. The topological polar surface area (TPSA) is 18.5 Å². The van der Waals surface area contributed by atoms with Gasteiger partial charge >= 0.3 is 0 Å². The second kappa shape index (κ2) is 8.35. The third kappa shape index (κ3) is 4.44. The van der Waals surface area contributed by atoms with Gasteiger partial charge in [0.05, 0.1) is 0 Å². The van der Waals surface area contributed by atoms with Crippen molar-refractivity contribution in [2.75, 3.05) is 40.3 Å². The fourth-order valence-corrected chi connectivity index (χ4v) is 4.20. The molecule has 0 radical (unpaired) electrons. The van der Waals surface area contributed by atoms with E-state index in [2.05, 4.69) is 36.1 Å². The first-order chi connectivity index (χ1) is 9.74. The van der Waals surface area contributed by atoms with Crippen LogP contribution in [0.2, 0.25) is 0 Å². The van der Waals surface area contributed by atoms with Gasteiger partial charge in [-0.05, 0) is 65.2 Å². The average Bonchev–Trinajstić information content (AvgIpc) is 2.98. The molecule has 20 heavy (non-hydrogen) atoms. The molecule has 0 amide bonds.